The monoisotopic (exact) mass is 318 g/mol. The van der Waals surface area contributed by atoms with Gasteiger partial charge in [-0.2, -0.15) is 11.3 Å². The molecule has 2 aromatic rings. The Kier molecular flexibility index (Phi) is 4.40. The molecule has 0 atom stereocenters. The minimum absolute atomic E-state index is 0.0649. The summed E-state index contributed by atoms with van der Waals surface area (Å²) < 4.78 is 6.22. The number of rotatable bonds is 4. The Bertz CT molecular complexity index is 607. The molecule has 0 N–H and O–H groups in total. The van der Waals surface area contributed by atoms with E-state index >= 15 is 0 Å². The van der Waals surface area contributed by atoms with Gasteiger partial charge in [-0.3, -0.25) is 4.79 Å². The van der Waals surface area contributed by atoms with Gasteiger partial charge in [-0.25, -0.2) is 0 Å². The average Bonchev–Trinajstić information content (AvgIpc) is 2.91. The van der Waals surface area contributed by atoms with Crippen molar-refractivity contribution >= 4 is 25.4 Å². The fraction of sp³-hybridized carbons (Fsp3) is 0.353. The fourth-order valence-electron chi connectivity index (χ4n) is 1.68. The van der Waals surface area contributed by atoms with Crippen LogP contribution in [0.4, 0.5) is 0 Å². The molecular weight excluding hydrogens is 296 g/mol. The summed E-state index contributed by atoms with van der Waals surface area (Å²) in [5.41, 5.74) is 1.45. The summed E-state index contributed by atoms with van der Waals surface area (Å²) in [5.74, 6) is 0.915. The average molecular weight is 319 g/mol. The van der Waals surface area contributed by atoms with E-state index in [-0.39, 0.29) is 10.8 Å². The second kappa shape index (κ2) is 5.77. The largest absolute Gasteiger partial charge is 0.544 e. The smallest absolute Gasteiger partial charge is 0.250 e. The molecule has 0 aliphatic heterocycles. The van der Waals surface area contributed by atoms with Crippen LogP contribution in [0.1, 0.15) is 36.7 Å². The van der Waals surface area contributed by atoms with Crippen LogP contribution in [0, 0.1) is 0 Å². The number of hydrogen-bond donors (Lipinski definition) is 0. The van der Waals surface area contributed by atoms with Crippen molar-refractivity contribution in [3.63, 3.8) is 0 Å². The first-order valence-corrected chi connectivity index (χ1v) is 10.9. The van der Waals surface area contributed by atoms with Crippen LogP contribution in [0.15, 0.2) is 41.1 Å². The summed E-state index contributed by atoms with van der Waals surface area (Å²) in [6.07, 6.45) is 0. The second-order valence-electron chi connectivity index (χ2n) is 6.73. The molecule has 0 saturated heterocycles. The molecule has 0 unspecified atom stereocenters. The Morgan fingerprint density at radius 2 is 1.67 bits per heavy atom. The Hall–Kier alpha value is -1.39. The van der Waals surface area contributed by atoms with Crippen LogP contribution >= 0.6 is 11.3 Å². The molecule has 0 spiro atoms. The standard InChI is InChI=1S/C17H22O2SSi/c1-17(2,3)21(4,5)19-15-8-6-13(7-9-15)16(18)14-10-11-20-12-14/h6-12H,1-5H3. The van der Waals surface area contributed by atoms with E-state index in [1.807, 2.05) is 41.1 Å². The lowest BCUT2D eigenvalue weighted by Gasteiger charge is -2.36. The van der Waals surface area contributed by atoms with E-state index in [4.69, 9.17) is 4.43 Å². The van der Waals surface area contributed by atoms with Crippen LogP contribution in [0.25, 0.3) is 0 Å². The minimum atomic E-state index is -1.83. The zero-order valence-corrected chi connectivity index (χ0v) is 15.1. The second-order valence-corrected chi connectivity index (χ2v) is 12.2. The lowest BCUT2D eigenvalue weighted by atomic mass is 10.1. The van der Waals surface area contributed by atoms with E-state index in [1.165, 1.54) is 11.3 Å². The van der Waals surface area contributed by atoms with Crippen molar-refractivity contribution in [1.29, 1.82) is 0 Å². The number of ketones is 1. The molecule has 0 saturated carbocycles. The summed E-state index contributed by atoms with van der Waals surface area (Å²) >= 11 is 1.54. The highest BCUT2D eigenvalue weighted by Crippen LogP contribution is 2.37. The first-order chi connectivity index (χ1) is 9.71. The third kappa shape index (κ3) is 3.63. The third-order valence-electron chi connectivity index (χ3n) is 4.08. The van der Waals surface area contributed by atoms with E-state index in [1.54, 1.807) is 0 Å². The van der Waals surface area contributed by atoms with Crippen LogP contribution < -0.4 is 4.43 Å². The Balaban J connectivity index is 2.15. The number of thiophene rings is 1. The first-order valence-electron chi connectivity index (χ1n) is 7.07. The molecule has 1 heterocycles. The van der Waals surface area contributed by atoms with Crippen molar-refractivity contribution in [2.75, 3.05) is 0 Å². The van der Waals surface area contributed by atoms with Gasteiger partial charge in [-0.15, -0.1) is 0 Å². The van der Waals surface area contributed by atoms with Gasteiger partial charge >= 0.3 is 0 Å². The first kappa shape index (κ1) is 16.0. The van der Waals surface area contributed by atoms with E-state index < -0.39 is 8.32 Å². The maximum atomic E-state index is 12.2. The zero-order valence-electron chi connectivity index (χ0n) is 13.3. The maximum Gasteiger partial charge on any atom is 0.250 e. The molecule has 1 aromatic heterocycles. The highest BCUT2D eigenvalue weighted by Gasteiger charge is 2.38. The molecule has 2 rings (SSSR count). The van der Waals surface area contributed by atoms with Gasteiger partial charge in [0, 0.05) is 16.5 Å². The minimum Gasteiger partial charge on any atom is -0.544 e. The van der Waals surface area contributed by atoms with Crippen LogP contribution in [-0.4, -0.2) is 14.1 Å². The van der Waals surface area contributed by atoms with Crippen molar-refractivity contribution in [3.8, 4) is 5.75 Å². The Morgan fingerprint density at radius 3 is 2.14 bits per heavy atom. The normalized spacial score (nSPS) is 12.2. The quantitative estimate of drug-likeness (QED) is 0.560. The summed E-state index contributed by atoms with van der Waals surface area (Å²) in [6.45, 7) is 11.1. The molecule has 112 valence electrons. The summed E-state index contributed by atoms with van der Waals surface area (Å²) in [5, 5.41) is 3.96. The van der Waals surface area contributed by atoms with E-state index in [0.717, 1.165) is 11.3 Å². The molecule has 0 aliphatic carbocycles. The van der Waals surface area contributed by atoms with Crippen molar-refractivity contribution in [2.24, 2.45) is 0 Å². The van der Waals surface area contributed by atoms with Gasteiger partial charge in [0.25, 0.3) is 0 Å². The lowest BCUT2D eigenvalue weighted by molar-refractivity contribution is 0.103. The zero-order chi connectivity index (χ0) is 15.7. The molecule has 0 fully saturated rings. The third-order valence-corrected chi connectivity index (χ3v) is 9.12. The molecule has 0 amide bonds. The summed E-state index contributed by atoms with van der Waals surface area (Å²) in [4.78, 5) is 12.2. The number of hydrogen-bond acceptors (Lipinski definition) is 3. The van der Waals surface area contributed by atoms with Gasteiger partial charge in [0.2, 0.25) is 8.32 Å². The van der Waals surface area contributed by atoms with Gasteiger partial charge in [0.15, 0.2) is 5.78 Å². The van der Waals surface area contributed by atoms with E-state index in [0.29, 0.717) is 5.56 Å². The van der Waals surface area contributed by atoms with Gasteiger partial charge < -0.3 is 4.43 Å². The Morgan fingerprint density at radius 1 is 1.05 bits per heavy atom. The van der Waals surface area contributed by atoms with Crippen LogP contribution in [-0.2, 0) is 0 Å². The molecule has 1 aromatic carbocycles. The molecular formula is C17H22O2SSi. The molecule has 0 bridgehead atoms. The van der Waals surface area contributed by atoms with E-state index in [2.05, 4.69) is 33.9 Å². The summed E-state index contributed by atoms with van der Waals surface area (Å²) in [6, 6.07) is 9.36. The molecule has 21 heavy (non-hydrogen) atoms. The SMILES string of the molecule is CC(C)(C)[Si](C)(C)Oc1ccc(C(=O)c2ccsc2)cc1. The van der Waals surface area contributed by atoms with Crippen molar-refractivity contribution < 1.29 is 9.22 Å². The number of carbonyl (C=O) groups is 1. The topological polar surface area (TPSA) is 26.3 Å². The highest BCUT2D eigenvalue weighted by molar-refractivity contribution is 7.08. The van der Waals surface area contributed by atoms with Gasteiger partial charge in [0.05, 0.1) is 0 Å². The molecule has 0 radical (unpaired) electrons. The molecule has 4 heteroatoms. The predicted molar refractivity (Wildman–Crippen MR) is 92.0 cm³/mol. The van der Waals surface area contributed by atoms with Gasteiger partial charge in [-0.1, -0.05) is 20.8 Å². The van der Waals surface area contributed by atoms with Crippen LogP contribution in [0.2, 0.25) is 18.1 Å². The van der Waals surface area contributed by atoms with Crippen LogP contribution in [0.5, 0.6) is 5.75 Å². The molecule has 0 aliphatic rings. The van der Waals surface area contributed by atoms with Crippen molar-refractivity contribution in [2.45, 2.75) is 38.9 Å². The predicted octanol–water partition coefficient (Wildman–Crippen LogP) is 5.36. The van der Waals surface area contributed by atoms with Crippen LogP contribution in [0.3, 0.4) is 0 Å². The van der Waals surface area contributed by atoms with Crippen molar-refractivity contribution in [1.82, 2.24) is 0 Å². The Labute approximate surface area is 131 Å². The highest BCUT2D eigenvalue weighted by atomic mass is 32.1. The number of carbonyl (C=O) groups excluding carboxylic acids is 1. The fourth-order valence-corrected chi connectivity index (χ4v) is 3.35. The van der Waals surface area contributed by atoms with E-state index in [9.17, 15) is 4.79 Å². The number of benzene rings is 1. The summed E-state index contributed by atoms with van der Waals surface area (Å²) in [7, 11) is -1.83. The van der Waals surface area contributed by atoms with Crippen molar-refractivity contribution in [3.05, 3.63) is 52.2 Å². The lowest BCUT2D eigenvalue weighted by Crippen LogP contribution is -2.43. The maximum absolute atomic E-state index is 12.2. The van der Waals surface area contributed by atoms with Gasteiger partial charge in [0.1, 0.15) is 5.75 Å². The van der Waals surface area contributed by atoms with Gasteiger partial charge in [-0.05, 0) is 53.8 Å². The molecule has 2 nitrogen and oxygen atoms in total.